The molecule has 2 heterocycles. The van der Waals surface area contributed by atoms with Crippen LogP contribution in [0.5, 0.6) is 0 Å². The predicted octanol–water partition coefficient (Wildman–Crippen LogP) is 4.35. The number of pyridine rings is 1. The highest BCUT2D eigenvalue weighted by Crippen LogP contribution is 2.65. The third-order valence-corrected chi connectivity index (χ3v) is 5.54. The second-order valence-electron chi connectivity index (χ2n) is 5.32. The van der Waals surface area contributed by atoms with Crippen molar-refractivity contribution in [3.05, 3.63) is 57.2 Å². The average molecular weight is 336 g/mol. The Hall–Kier alpha value is -1.06. The van der Waals surface area contributed by atoms with Gasteiger partial charge in [-0.2, -0.15) is 0 Å². The Morgan fingerprint density at radius 2 is 2.11 bits per heavy atom. The Balaban J connectivity index is 1.81. The van der Waals surface area contributed by atoms with E-state index in [2.05, 4.69) is 56.6 Å². The maximum atomic E-state index is 6.49. The van der Waals surface area contributed by atoms with Crippen LogP contribution in [0.4, 0.5) is 5.82 Å². The van der Waals surface area contributed by atoms with Gasteiger partial charge in [0.05, 0.1) is 9.50 Å². The van der Waals surface area contributed by atoms with Gasteiger partial charge in [-0.25, -0.2) is 4.98 Å². The maximum Gasteiger partial charge on any atom is 0.131 e. The fourth-order valence-electron chi connectivity index (χ4n) is 3.28. The lowest BCUT2D eigenvalue weighted by molar-refractivity contribution is 0.740. The third-order valence-electron chi connectivity index (χ3n) is 4.32. The first-order valence-corrected chi connectivity index (χ1v) is 7.53. The fraction of sp³-hybridized carbons (Fsp3) is 0.267. The quantitative estimate of drug-likeness (QED) is 0.838. The number of halogens is 2. The molecular formula is C15H12BrClN2. The molecule has 0 amide bonds. The predicted molar refractivity (Wildman–Crippen MR) is 80.9 cm³/mol. The highest BCUT2D eigenvalue weighted by Gasteiger charge is 2.60. The largest absolute Gasteiger partial charge is 0.369 e. The van der Waals surface area contributed by atoms with Gasteiger partial charge in [0.25, 0.3) is 0 Å². The van der Waals surface area contributed by atoms with Crippen molar-refractivity contribution >= 4 is 33.3 Å². The number of hydrogen-bond donors (Lipinski definition) is 1. The van der Waals surface area contributed by atoms with Gasteiger partial charge in [0.15, 0.2) is 0 Å². The van der Waals surface area contributed by atoms with E-state index in [1.165, 1.54) is 11.1 Å². The molecule has 0 bridgehead atoms. The monoisotopic (exact) mass is 334 g/mol. The molecule has 1 aromatic carbocycles. The molecule has 0 unspecified atom stereocenters. The van der Waals surface area contributed by atoms with Gasteiger partial charge in [-0.3, -0.25) is 0 Å². The average Bonchev–Trinajstić information content (AvgIpc) is 3.04. The van der Waals surface area contributed by atoms with Crippen molar-refractivity contribution in [3.63, 3.8) is 0 Å². The van der Waals surface area contributed by atoms with E-state index in [1.54, 1.807) is 6.20 Å². The van der Waals surface area contributed by atoms with E-state index in [9.17, 15) is 0 Å². The lowest BCUT2D eigenvalue weighted by atomic mass is 9.94. The number of rotatable bonds is 1. The zero-order valence-electron chi connectivity index (χ0n) is 10.2. The third kappa shape index (κ3) is 1.58. The van der Waals surface area contributed by atoms with E-state index >= 15 is 0 Å². The summed E-state index contributed by atoms with van der Waals surface area (Å²) in [7, 11) is 0. The molecule has 1 fully saturated rings. The summed E-state index contributed by atoms with van der Waals surface area (Å²) in [6.07, 6.45) is 2.92. The van der Waals surface area contributed by atoms with Gasteiger partial charge in [-0.15, -0.1) is 0 Å². The summed E-state index contributed by atoms with van der Waals surface area (Å²) in [5, 5.41) is 4.22. The van der Waals surface area contributed by atoms with Crippen LogP contribution in [0.3, 0.4) is 0 Å². The van der Waals surface area contributed by atoms with Crippen LogP contribution < -0.4 is 5.32 Å². The molecule has 1 N–H and O–H groups in total. The van der Waals surface area contributed by atoms with Crippen LogP contribution in [0, 0.1) is 0 Å². The maximum absolute atomic E-state index is 6.49. The van der Waals surface area contributed by atoms with Gasteiger partial charge in [-0.05, 0) is 33.8 Å². The molecule has 1 saturated carbocycles. The first-order valence-electron chi connectivity index (χ1n) is 6.36. The molecule has 96 valence electrons. The second kappa shape index (κ2) is 3.97. The van der Waals surface area contributed by atoms with E-state index < -0.39 is 0 Å². The summed E-state index contributed by atoms with van der Waals surface area (Å²) >= 11 is 9.97. The van der Waals surface area contributed by atoms with Crippen LogP contribution in [0.25, 0.3) is 0 Å². The Bertz CT molecular complexity index is 659. The summed E-state index contributed by atoms with van der Waals surface area (Å²) in [4.78, 5) is 4.44. The van der Waals surface area contributed by atoms with Crippen molar-refractivity contribution in [1.29, 1.82) is 0 Å². The highest BCUT2D eigenvalue weighted by atomic mass is 79.9. The standard InChI is InChI=1S/C15H12BrClN2/c16-11-7-18-14-12(13(11)17)15(8-19-14)6-10(15)9-4-2-1-3-5-9/h1-5,7,10H,6,8H2,(H,18,19)/t10-,15-/m1/s1. The number of nitrogens with one attached hydrogen (secondary N) is 1. The highest BCUT2D eigenvalue weighted by molar-refractivity contribution is 9.10. The van der Waals surface area contributed by atoms with Crippen molar-refractivity contribution in [2.45, 2.75) is 17.8 Å². The minimum absolute atomic E-state index is 0.143. The van der Waals surface area contributed by atoms with E-state index in [0.29, 0.717) is 5.92 Å². The van der Waals surface area contributed by atoms with Crippen molar-refractivity contribution in [2.24, 2.45) is 0 Å². The topological polar surface area (TPSA) is 24.9 Å². The number of fused-ring (bicyclic) bond motifs is 2. The molecule has 2 atom stereocenters. The molecule has 2 aromatic rings. The Morgan fingerprint density at radius 3 is 2.89 bits per heavy atom. The Kier molecular flexibility index (Phi) is 2.45. The molecule has 0 radical (unpaired) electrons. The smallest absolute Gasteiger partial charge is 0.131 e. The molecule has 4 heteroatoms. The zero-order valence-corrected chi connectivity index (χ0v) is 12.5. The summed E-state index contributed by atoms with van der Waals surface area (Å²) in [6, 6.07) is 10.7. The van der Waals surface area contributed by atoms with Gasteiger partial charge >= 0.3 is 0 Å². The molecule has 1 aromatic heterocycles. The van der Waals surface area contributed by atoms with E-state index in [0.717, 1.165) is 28.3 Å². The molecular weight excluding hydrogens is 324 g/mol. The van der Waals surface area contributed by atoms with Gasteiger partial charge < -0.3 is 5.32 Å². The fourth-order valence-corrected chi connectivity index (χ4v) is 3.91. The molecule has 2 aliphatic rings. The molecule has 4 rings (SSSR count). The number of hydrogen-bond acceptors (Lipinski definition) is 2. The lowest BCUT2D eigenvalue weighted by Gasteiger charge is -2.12. The summed E-state index contributed by atoms with van der Waals surface area (Å²) in [5.41, 5.74) is 2.73. The van der Waals surface area contributed by atoms with Crippen LogP contribution in [-0.2, 0) is 5.41 Å². The van der Waals surface area contributed by atoms with Gasteiger partial charge in [0, 0.05) is 23.7 Å². The molecule has 2 nitrogen and oxygen atoms in total. The van der Waals surface area contributed by atoms with Crippen molar-refractivity contribution in [3.8, 4) is 0 Å². The first-order chi connectivity index (χ1) is 9.22. The van der Waals surface area contributed by atoms with Crippen LogP contribution in [0.1, 0.15) is 23.5 Å². The number of benzene rings is 1. The number of anilines is 1. The van der Waals surface area contributed by atoms with Crippen molar-refractivity contribution < 1.29 is 0 Å². The van der Waals surface area contributed by atoms with Crippen molar-refractivity contribution in [1.82, 2.24) is 4.98 Å². The zero-order chi connectivity index (χ0) is 13.0. The Labute approximate surface area is 125 Å². The normalized spacial score (nSPS) is 27.2. The minimum Gasteiger partial charge on any atom is -0.369 e. The molecule has 0 saturated heterocycles. The van der Waals surface area contributed by atoms with Crippen LogP contribution in [0.15, 0.2) is 41.0 Å². The minimum atomic E-state index is 0.143. The van der Waals surface area contributed by atoms with Crippen molar-refractivity contribution in [2.75, 3.05) is 11.9 Å². The molecule has 19 heavy (non-hydrogen) atoms. The van der Waals surface area contributed by atoms with Gasteiger partial charge in [0.1, 0.15) is 5.82 Å². The molecule has 1 aliphatic carbocycles. The lowest BCUT2D eigenvalue weighted by Crippen LogP contribution is -2.12. The van der Waals surface area contributed by atoms with Crippen LogP contribution in [-0.4, -0.2) is 11.5 Å². The summed E-state index contributed by atoms with van der Waals surface area (Å²) in [5.74, 6) is 1.50. The molecule has 1 aliphatic heterocycles. The van der Waals surface area contributed by atoms with Gasteiger partial charge in [0.2, 0.25) is 0 Å². The van der Waals surface area contributed by atoms with Crippen LogP contribution in [0.2, 0.25) is 5.02 Å². The summed E-state index contributed by atoms with van der Waals surface area (Å²) < 4.78 is 0.884. The van der Waals surface area contributed by atoms with E-state index in [-0.39, 0.29) is 5.41 Å². The van der Waals surface area contributed by atoms with E-state index in [4.69, 9.17) is 11.6 Å². The van der Waals surface area contributed by atoms with Crippen LogP contribution >= 0.6 is 27.5 Å². The Morgan fingerprint density at radius 1 is 1.32 bits per heavy atom. The first kappa shape index (κ1) is 11.7. The SMILES string of the molecule is Clc1c(Br)cnc2c1[C@@]1(CN2)C[C@@H]1c1ccccc1. The molecule has 1 spiro atoms. The number of nitrogens with zero attached hydrogens (tertiary/aromatic N) is 1. The summed E-state index contributed by atoms with van der Waals surface area (Å²) in [6.45, 7) is 0.936. The number of aromatic nitrogens is 1. The van der Waals surface area contributed by atoms with E-state index in [1.807, 2.05) is 0 Å². The van der Waals surface area contributed by atoms with Gasteiger partial charge in [-0.1, -0.05) is 41.9 Å². The second-order valence-corrected chi connectivity index (χ2v) is 6.55.